The minimum Gasteiger partial charge on any atom is -0.389 e. The average Bonchev–Trinajstić information content (AvgIpc) is 2.93. The molecule has 0 unspecified atom stereocenters. The van der Waals surface area contributed by atoms with Crippen LogP contribution in [0.1, 0.15) is 58.8 Å². The van der Waals surface area contributed by atoms with E-state index in [2.05, 4.69) is 13.8 Å². The van der Waals surface area contributed by atoms with Crippen molar-refractivity contribution in [2.45, 2.75) is 64.9 Å². The van der Waals surface area contributed by atoms with Crippen LogP contribution >= 0.6 is 0 Å². The summed E-state index contributed by atoms with van der Waals surface area (Å²) in [7, 11) is 0. The summed E-state index contributed by atoms with van der Waals surface area (Å²) in [5.74, 6) is 1.49. The highest BCUT2D eigenvalue weighted by Gasteiger charge is 2.60. The van der Waals surface area contributed by atoms with Crippen LogP contribution in [0.25, 0.3) is 0 Å². The fourth-order valence-corrected chi connectivity index (χ4v) is 7.26. The van der Waals surface area contributed by atoms with E-state index in [9.17, 15) is 19.8 Å². The molecule has 3 saturated carbocycles. The van der Waals surface area contributed by atoms with E-state index >= 15 is 0 Å². The van der Waals surface area contributed by atoms with Crippen molar-refractivity contribution in [1.82, 2.24) is 0 Å². The van der Waals surface area contributed by atoms with Gasteiger partial charge < -0.3 is 10.2 Å². The standard InChI is InChI=1S/C21H30O4/c1-20-8-7-15-13(14(20)5-6-16(20)19(25)11-22)4-3-12-9-17(23)18(24)10-21(12,15)2/h9,13-16,18,22,24H,3-8,10-11H2,1-2H3/t13-,14-,15-,16+,18-,20-,21-/m0/s1. The third kappa shape index (κ3) is 2.33. The molecular weight excluding hydrogens is 316 g/mol. The van der Waals surface area contributed by atoms with E-state index < -0.39 is 6.10 Å². The molecule has 0 aromatic heterocycles. The first-order chi connectivity index (χ1) is 11.8. The number of hydrogen-bond donors (Lipinski definition) is 2. The Balaban J connectivity index is 1.65. The summed E-state index contributed by atoms with van der Waals surface area (Å²) in [5.41, 5.74) is 1.19. The van der Waals surface area contributed by atoms with Crippen molar-refractivity contribution in [3.8, 4) is 0 Å². The third-order valence-corrected chi connectivity index (χ3v) is 8.54. The van der Waals surface area contributed by atoms with Crippen LogP contribution in [0.2, 0.25) is 0 Å². The summed E-state index contributed by atoms with van der Waals surface area (Å²) in [5, 5.41) is 19.6. The second kappa shape index (κ2) is 5.75. The predicted octanol–water partition coefficient (Wildman–Crippen LogP) is 2.67. The highest BCUT2D eigenvalue weighted by atomic mass is 16.3. The van der Waals surface area contributed by atoms with E-state index in [0.717, 1.165) is 38.5 Å². The van der Waals surface area contributed by atoms with E-state index in [1.807, 2.05) is 0 Å². The van der Waals surface area contributed by atoms with Crippen LogP contribution in [0.3, 0.4) is 0 Å². The molecular formula is C21H30O4. The smallest absolute Gasteiger partial charge is 0.184 e. The van der Waals surface area contributed by atoms with Crippen molar-refractivity contribution in [3.63, 3.8) is 0 Å². The Morgan fingerprint density at radius 2 is 1.96 bits per heavy atom. The quantitative estimate of drug-likeness (QED) is 0.806. The second-order valence-corrected chi connectivity index (χ2v) is 9.42. The zero-order valence-corrected chi connectivity index (χ0v) is 15.3. The largest absolute Gasteiger partial charge is 0.389 e. The van der Waals surface area contributed by atoms with Crippen molar-refractivity contribution in [2.75, 3.05) is 6.61 Å². The number of rotatable bonds is 2. The van der Waals surface area contributed by atoms with Crippen LogP contribution in [0, 0.1) is 34.5 Å². The first-order valence-electron chi connectivity index (χ1n) is 9.88. The maximum atomic E-state index is 12.3. The Kier molecular flexibility index (Phi) is 4.01. The number of aliphatic hydroxyl groups excluding tert-OH is 2. The SMILES string of the molecule is C[C@]12CC[C@H]3[C@@H](CCC4=CC(=O)[C@@H](O)C[C@@]43C)[C@@H]1CC[C@@H]2C(=O)CO. The maximum Gasteiger partial charge on any atom is 0.184 e. The molecule has 4 nitrogen and oxygen atoms in total. The topological polar surface area (TPSA) is 74.6 Å². The van der Waals surface area contributed by atoms with Crippen molar-refractivity contribution in [2.24, 2.45) is 34.5 Å². The molecule has 0 radical (unpaired) electrons. The van der Waals surface area contributed by atoms with E-state index in [1.165, 1.54) is 5.57 Å². The lowest BCUT2D eigenvalue weighted by Gasteiger charge is -2.58. The van der Waals surface area contributed by atoms with Crippen molar-refractivity contribution >= 4 is 11.6 Å². The van der Waals surface area contributed by atoms with Gasteiger partial charge in [0.05, 0.1) is 0 Å². The lowest BCUT2D eigenvalue weighted by Crippen LogP contribution is -2.52. The van der Waals surface area contributed by atoms with Gasteiger partial charge in [-0.25, -0.2) is 0 Å². The van der Waals surface area contributed by atoms with Gasteiger partial charge in [0.1, 0.15) is 12.7 Å². The van der Waals surface area contributed by atoms with Crippen molar-refractivity contribution < 1.29 is 19.8 Å². The number of carbonyl (C=O) groups excluding carboxylic acids is 2. The molecule has 0 aromatic rings. The van der Waals surface area contributed by atoms with Crippen molar-refractivity contribution in [1.29, 1.82) is 0 Å². The molecule has 0 aliphatic heterocycles. The Hall–Kier alpha value is -1.00. The minimum atomic E-state index is -0.854. The van der Waals surface area contributed by atoms with Gasteiger partial charge in [0.2, 0.25) is 0 Å². The van der Waals surface area contributed by atoms with Gasteiger partial charge in [-0.15, -0.1) is 0 Å². The molecule has 0 saturated heterocycles. The van der Waals surface area contributed by atoms with Gasteiger partial charge in [-0.05, 0) is 79.6 Å². The Labute approximate surface area is 149 Å². The summed E-state index contributed by atoms with van der Waals surface area (Å²) < 4.78 is 0. The summed E-state index contributed by atoms with van der Waals surface area (Å²) in [4.78, 5) is 24.2. The molecule has 4 aliphatic carbocycles. The number of aliphatic hydroxyl groups is 2. The van der Waals surface area contributed by atoms with Crippen molar-refractivity contribution in [3.05, 3.63) is 11.6 Å². The molecule has 4 aliphatic rings. The van der Waals surface area contributed by atoms with Gasteiger partial charge in [0.15, 0.2) is 11.6 Å². The van der Waals surface area contributed by atoms with Gasteiger partial charge in [0.25, 0.3) is 0 Å². The van der Waals surface area contributed by atoms with E-state index in [1.54, 1.807) is 6.08 Å². The molecule has 0 heterocycles. The van der Waals surface area contributed by atoms with Gasteiger partial charge >= 0.3 is 0 Å². The van der Waals surface area contributed by atoms with Crippen LogP contribution < -0.4 is 0 Å². The summed E-state index contributed by atoms with van der Waals surface area (Å²) in [6.07, 6.45) is 7.52. The molecule has 0 spiro atoms. The van der Waals surface area contributed by atoms with E-state index in [4.69, 9.17) is 0 Å². The molecule has 0 aromatic carbocycles. The zero-order valence-electron chi connectivity index (χ0n) is 15.3. The second-order valence-electron chi connectivity index (χ2n) is 9.42. The van der Waals surface area contributed by atoms with Gasteiger partial charge in [0, 0.05) is 5.92 Å². The lowest BCUT2D eigenvalue weighted by molar-refractivity contribution is -0.135. The Morgan fingerprint density at radius 3 is 2.68 bits per heavy atom. The normalized spacial score (nSPS) is 49.0. The van der Waals surface area contributed by atoms with Crippen LogP contribution in [0.4, 0.5) is 0 Å². The molecule has 7 atom stereocenters. The molecule has 3 fully saturated rings. The van der Waals surface area contributed by atoms with E-state index in [0.29, 0.717) is 24.2 Å². The van der Waals surface area contributed by atoms with Crippen LogP contribution in [0.15, 0.2) is 11.6 Å². The molecule has 25 heavy (non-hydrogen) atoms. The lowest BCUT2D eigenvalue weighted by atomic mass is 9.46. The summed E-state index contributed by atoms with van der Waals surface area (Å²) in [6.45, 7) is 4.19. The zero-order chi connectivity index (χ0) is 18.0. The van der Waals surface area contributed by atoms with Gasteiger partial charge in [-0.3, -0.25) is 9.59 Å². The van der Waals surface area contributed by atoms with Gasteiger partial charge in [-0.2, -0.15) is 0 Å². The number of ketones is 2. The maximum absolute atomic E-state index is 12.3. The number of hydrogen-bond acceptors (Lipinski definition) is 4. The molecule has 2 N–H and O–H groups in total. The fourth-order valence-electron chi connectivity index (χ4n) is 7.26. The molecule has 0 amide bonds. The average molecular weight is 346 g/mol. The number of fused-ring (bicyclic) bond motifs is 5. The van der Waals surface area contributed by atoms with Crippen LogP contribution in [0.5, 0.6) is 0 Å². The van der Waals surface area contributed by atoms with Crippen LogP contribution in [-0.2, 0) is 9.59 Å². The fraction of sp³-hybridized carbons (Fsp3) is 0.810. The molecule has 138 valence electrons. The molecule has 4 heteroatoms. The first-order valence-corrected chi connectivity index (χ1v) is 9.88. The van der Waals surface area contributed by atoms with Gasteiger partial charge in [-0.1, -0.05) is 19.4 Å². The summed E-state index contributed by atoms with van der Waals surface area (Å²) >= 11 is 0. The monoisotopic (exact) mass is 346 g/mol. The number of allylic oxidation sites excluding steroid dienone is 1. The third-order valence-electron chi connectivity index (χ3n) is 8.54. The highest BCUT2D eigenvalue weighted by Crippen LogP contribution is 2.66. The number of carbonyl (C=O) groups is 2. The molecule has 4 rings (SSSR count). The first kappa shape index (κ1) is 17.4. The predicted molar refractivity (Wildman–Crippen MR) is 93.7 cm³/mol. The Bertz CT molecular complexity index is 638. The van der Waals surface area contributed by atoms with E-state index in [-0.39, 0.29) is 34.9 Å². The number of Topliss-reactive ketones (excluding diaryl/α,β-unsaturated/α-hetero) is 1. The molecule has 0 bridgehead atoms. The van der Waals surface area contributed by atoms with Crippen LogP contribution in [-0.4, -0.2) is 34.5 Å². The highest BCUT2D eigenvalue weighted by molar-refractivity contribution is 5.95. The Morgan fingerprint density at radius 1 is 1.20 bits per heavy atom. The minimum absolute atomic E-state index is 0.00622. The summed E-state index contributed by atoms with van der Waals surface area (Å²) in [6, 6.07) is 0.